The molecule has 1 N–H and O–H groups in total. The van der Waals surface area contributed by atoms with E-state index < -0.39 is 0 Å². The maximum atomic E-state index is 13.3. The van der Waals surface area contributed by atoms with E-state index in [-0.39, 0.29) is 29.5 Å². The predicted octanol–water partition coefficient (Wildman–Crippen LogP) is 4.39. The number of nitrogens with one attached hydrogen (secondary N) is 1. The maximum Gasteiger partial charge on any atom is 0.274 e. The fourth-order valence-corrected chi connectivity index (χ4v) is 4.13. The van der Waals surface area contributed by atoms with Gasteiger partial charge in [-0.25, -0.2) is 9.07 Å². The molecule has 2 atom stereocenters. The lowest BCUT2D eigenvalue weighted by molar-refractivity contribution is 0.0938. The molecule has 0 radical (unpaired) electrons. The molecule has 0 fully saturated rings. The van der Waals surface area contributed by atoms with E-state index in [2.05, 4.69) is 20.6 Å². The lowest BCUT2D eigenvalue weighted by Gasteiger charge is -2.17. The van der Waals surface area contributed by atoms with Gasteiger partial charge in [0.15, 0.2) is 5.69 Å². The number of benzene rings is 1. The summed E-state index contributed by atoms with van der Waals surface area (Å²) in [6.45, 7) is 2.01. The van der Waals surface area contributed by atoms with Gasteiger partial charge in [0.1, 0.15) is 5.82 Å². The Morgan fingerprint density at radius 2 is 1.90 bits per heavy atom. The normalized spacial score (nSPS) is 13.0. The van der Waals surface area contributed by atoms with Crippen molar-refractivity contribution in [2.75, 3.05) is 0 Å². The van der Waals surface area contributed by atoms with Crippen LogP contribution < -0.4 is 5.32 Å². The van der Waals surface area contributed by atoms with Crippen LogP contribution in [-0.2, 0) is 0 Å². The second-order valence-corrected chi connectivity index (χ2v) is 7.74. The molecule has 0 aliphatic carbocycles. The van der Waals surface area contributed by atoms with Gasteiger partial charge in [0.05, 0.1) is 18.3 Å². The second-order valence-electron chi connectivity index (χ2n) is 6.76. The Labute approximate surface area is 177 Å². The van der Waals surface area contributed by atoms with E-state index in [0.29, 0.717) is 0 Å². The highest BCUT2D eigenvalue weighted by molar-refractivity contribution is 7.10. The molecule has 1 amide bonds. The van der Waals surface area contributed by atoms with Crippen LogP contribution in [0.1, 0.15) is 51.9 Å². The number of carbonyl (C=O) groups is 1. The minimum atomic E-state index is -0.314. The Kier molecular flexibility index (Phi) is 5.94. The van der Waals surface area contributed by atoms with Crippen LogP contribution in [0.5, 0.6) is 0 Å². The van der Waals surface area contributed by atoms with Gasteiger partial charge in [-0.05, 0) is 53.3 Å². The molecule has 152 valence electrons. The summed E-state index contributed by atoms with van der Waals surface area (Å²) in [5.74, 6) is -0.603. The van der Waals surface area contributed by atoms with Gasteiger partial charge in [-0.1, -0.05) is 30.3 Å². The predicted molar refractivity (Wildman–Crippen MR) is 113 cm³/mol. The third-order valence-electron chi connectivity index (χ3n) is 4.85. The zero-order valence-corrected chi connectivity index (χ0v) is 17.1. The van der Waals surface area contributed by atoms with Crippen molar-refractivity contribution in [3.8, 4) is 0 Å². The Morgan fingerprint density at radius 1 is 1.13 bits per heavy atom. The SMILES string of the molecule is CCC(c1ccc(F)cc1)n1cc(C(=O)NC(c2ccncc2)c2cccs2)nn1. The summed E-state index contributed by atoms with van der Waals surface area (Å²) in [4.78, 5) is 18.0. The first kappa shape index (κ1) is 19.9. The smallest absolute Gasteiger partial charge is 0.274 e. The first-order valence-corrected chi connectivity index (χ1v) is 10.4. The summed E-state index contributed by atoms with van der Waals surface area (Å²) in [6.07, 6.45) is 5.76. The summed E-state index contributed by atoms with van der Waals surface area (Å²) >= 11 is 1.57. The third-order valence-corrected chi connectivity index (χ3v) is 5.78. The zero-order chi connectivity index (χ0) is 20.9. The molecular weight excluding hydrogens is 401 g/mol. The van der Waals surface area contributed by atoms with Crippen molar-refractivity contribution < 1.29 is 9.18 Å². The lowest BCUT2D eigenvalue weighted by atomic mass is 10.0. The zero-order valence-electron chi connectivity index (χ0n) is 16.3. The summed E-state index contributed by atoms with van der Waals surface area (Å²) in [5.41, 5.74) is 2.07. The van der Waals surface area contributed by atoms with Crippen molar-refractivity contribution in [3.05, 3.63) is 100 Å². The Hall–Kier alpha value is -3.39. The van der Waals surface area contributed by atoms with Crippen LogP contribution in [0, 0.1) is 5.82 Å². The number of amides is 1. The van der Waals surface area contributed by atoms with E-state index in [4.69, 9.17) is 0 Å². The highest BCUT2D eigenvalue weighted by atomic mass is 32.1. The number of rotatable bonds is 7. The largest absolute Gasteiger partial charge is 0.339 e. The monoisotopic (exact) mass is 421 g/mol. The first-order valence-electron chi connectivity index (χ1n) is 9.57. The molecule has 2 unspecified atom stereocenters. The summed E-state index contributed by atoms with van der Waals surface area (Å²) in [7, 11) is 0. The molecule has 3 aromatic heterocycles. The van der Waals surface area contributed by atoms with E-state index in [1.807, 2.05) is 36.6 Å². The molecule has 30 heavy (non-hydrogen) atoms. The average molecular weight is 422 g/mol. The number of carbonyl (C=O) groups excluding carboxylic acids is 1. The van der Waals surface area contributed by atoms with Gasteiger partial charge >= 0.3 is 0 Å². The average Bonchev–Trinajstić information content (AvgIpc) is 3.47. The fourth-order valence-electron chi connectivity index (χ4n) is 3.33. The molecule has 4 rings (SSSR count). The molecule has 0 aliphatic rings. The number of hydrogen-bond donors (Lipinski definition) is 1. The van der Waals surface area contributed by atoms with Gasteiger partial charge in [-0.15, -0.1) is 16.4 Å². The number of nitrogens with zero attached hydrogens (tertiary/aromatic N) is 4. The third kappa shape index (κ3) is 4.28. The van der Waals surface area contributed by atoms with Gasteiger partial charge in [-0.2, -0.15) is 0 Å². The first-order chi connectivity index (χ1) is 14.7. The molecule has 0 saturated heterocycles. The highest BCUT2D eigenvalue weighted by Gasteiger charge is 2.22. The Balaban J connectivity index is 1.56. The number of pyridine rings is 1. The summed E-state index contributed by atoms with van der Waals surface area (Å²) in [5, 5.41) is 13.2. The molecule has 0 bridgehead atoms. The Bertz CT molecular complexity index is 1100. The molecule has 0 saturated carbocycles. The van der Waals surface area contributed by atoms with Crippen LogP contribution in [0.4, 0.5) is 4.39 Å². The van der Waals surface area contributed by atoms with Crippen molar-refractivity contribution in [2.24, 2.45) is 0 Å². The molecule has 0 aliphatic heterocycles. The number of thiophene rings is 1. The minimum absolute atomic E-state index is 0.132. The van der Waals surface area contributed by atoms with Crippen molar-refractivity contribution in [3.63, 3.8) is 0 Å². The lowest BCUT2D eigenvalue weighted by Crippen LogP contribution is -2.29. The number of halogens is 1. The number of aromatic nitrogens is 4. The van der Waals surface area contributed by atoms with Gasteiger partial charge < -0.3 is 5.32 Å². The minimum Gasteiger partial charge on any atom is -0.339 e. The molecule has 1 aromatic carbocycles. The van der Waals surface area contributed by atoms with E-state index in [9.17, 15) is 9.18 Å². The maximum absolute atomic E-state index is 13.3. The van der Waals surface area contributed by atoms with Gasteiger partial charge in [-0.3, -0.25) is 9.78 Å². The molecule has 0 spiro atoms. The van der Waals surface area contributed by atoms with Gasteiger partial charge in [0.2, 0.25) is 0 Å². The summed E-state index contributed by atoms with van der Waals surface area (Å²) < 4.78 is 14.9. The Morgan fingerprint density at radius 3 is 2.57 bits per heavy atom. The topological polar surface area (TPSA) is 72.7 Å². The van der Waals surface area contributed by atoms with Crippen molar-refractivity contribution in [1.82, 2.24) is 25.3 Å². The second kappa shape index (κ2) is 8.96. The van der Waals surface area contributed by atoms with E-state index in [1.54, 1.807) is 46.7 Å². The fraction of sp³-hybridized carbons (Fsp3) is 0.182. The van der Waals surface area contributed by atoms with Crippen LogP contribution in [0.2, 0.25) is 0 Å². The standard InChI is InChI=1S/C22H20FN5OS/c1-2-19(15-5-7-17(23)8-6-15)28-14-18(26-27-28)22(29)25-21(20-4-3-13-30-20)16-9-11-24-12-10-16/h3-14,19,21H,2H2,1H3,(H,25,29). The van der Waals surface area contributed by atoms with E-state index >= 15 is 0 Å². The van der Waals surface area contributed by atoms with Crippen LogP contribution in [0.25, 0.3) is 0 Å². The van der Waals surface area contributed by atoms with Crippen LogP contribution >= 0.6 is 11.3 Å². The van der Waals surface area contributed by atoms with Crippen LogP contribution in [0.15, 0.2) is 72.5 Å². The summed E-state index contributed by atoms with van der Waals surface area (Å²) in [6, 6.07) is 13.5. The molecular formula is C22H20FN5OS. The van der Waals surface area contributed by atoms with Gasteiger partial charge in [0.25, 0.3) is 5.91 Å². The van der Waals surface area contributed by atoms with Crippen molar-refractivity contribution in [1.29, 1.82) is 0 Å². The van der Waals surface area contributed by atoms with E-state index in [0.717, 1.165) is 22.4 Å². The van der Waals surface area contributed by atoms with Crippen molar-refractivity contribution in [2.45, 2.75) is 25.4 Å². The molecule has 6 nitrogen and oxygen atoms in total. The highest BCUT2D eigenvalue weighted by Crippen LogP contribution is 2.26. The molecule has 4 aromatic rings. The molecule has 8 heteroatoms. The van der Waals surface area contributed by atoms with E-state index in [1.165, 1.54) is 12.1 Å². The van der Waals surface area contributed by atoms with Gasteiger partial charge in [0, 0.05) is 17.3 Å². The quantitative estimate of drug-likeness (QED) is 0.480. The molecule has 3 heterocycles. The van der Waals surface area contributed by atoms with Crippen molar-refractivity contribution >= 4 is 17.2 Å². The van der Waals surface area contributed by atoms with Crippen LogP contribution in [-0.4, -0.2) is 25.9 Å². The van der Waals surface area contributed by atoms with Crippen LogP contribution in [0.3, 0.4) is 0 Å². The number of hydrogen-bond acceptors (Lipinski definition) is 5.